The van der Waals surface area contributed by atoms with Gasteiger partial charge in [-0.2, -0.15) is 0 Å². The third-order valence-electron chi connectivity index (χ3n) is 5.03. The molecule has 0 aromatic carbocycles. The lowest BCUT2D eigenvalue weighted by molar-refractivity contribution is 0.0636. The summed E-state index contributed by atoms with van der Waals surface area (Å²) in [5.74, 6) is 1.27. The molecule has 1 heterocycles. The first-order valence-corrected chi connectivity index (χ1v) is 10.5. The van der Waals surface area contributed by atoms with E-state index < -0.39 is 8.80 Å². The highest BCUT2D eigenvalue weighted by Gasteiger charge is 2.56. The van der Waals surface area contributed by atoms with Crippen molar-refractivity contribution in [1.82, 2.24) is 0 Å². The van der Waals surface area contributed by atoms with Crippen molar-refractivity contribution < 1.29 is 18.0 Å². The van der Waals surface area contributed by atoms with E-state index in [4.69, 9.17) is 18.0 Å². The standard InChI is InChI=1S/C16H32O4Si/c1-6-17-21(18-7-2,19-8-3)12-13(4)14-9-10-16(5)15(11-14)20-16/h13-15H,6-12H2,1-5H3. The number of fused-ring (bicyclic) bond motifs is 1. The molecule has 0 aromatic heterocycles. The molecular weight excluding hydrogens is 284 g/mol. The molecule has 0 amide bonds. The molecule has 0 bridgehead atoms. The Hall–Kier alpha value is 0.0569. The molecule has 4 atom stereocenters. The Labute approximate surface area is 130 Å². The average Bonchev–Trinajstić information content (AvgIpc) is 3.10. The van der Waals surface area contributed by atoms with Gasteiger partial charge in [-0.25, -0.2) is 0 Å². The largest absolute Gasteiger partial charge is 0.501 e. The molecule has 2 rings (SSSR count). The van der Waals surface area contributed by atoms with Crippen LogP contribution in [0.1, 0.15) is 53.9 Å². The van der Waals surface area contributed by atoms with Crippen LogP contribution in [0.15, 0.2) is 0 Å². The van der Waals surface area contributed by atoms with Crippen LogP contribution in [-0.4, -0.2) is 40.3 Å². The van der Waals surface area contributed by atoms with E-state index in [2.05, 4.69) is 13.8 Å². The Bertz CT molecular complexity index is 321. The molecule has 124 valence electrons. The molecular formula is C16H32O4Si. The number of rotatable bonds is 9. The summed E-state index contributed by atoms with van der Waals surface area (Å²) < 4.78 is 23.8. The highest BCUT2D eigenvalue weighted by molar-refractivity contribution is 6.60. The van der Waals surface area contributed by atoms with Crippen molar-refractivity contribution in [1.29, 1.82) is 0 Å². The first-order chi connectivity index (χ1) is 9.98. The van der Waals surface area contributed by atoms with Gasteiger partial charge in [-0.1, -0.05) is 6.92 Å². The quantitative estimate of drug-likeness (QED) is 0.481. The zero-order chi connectivity index (χ0) is 15.5. The first kappa shape index (κ1) is 17.4. The van der Waals surface area contributed by atoms with E-state index >= 15 is 0 Å². The van der Waals surface area contributed by atoms with Crippen molar-refractivity contribution in [2.24, 2.45) is 11.8 Å². The fraction of sp³-hybridized carbons (Fsp3) is 1.00. The number of ether oxygens (including phenoxy) is 1. The van der Waals surface area contributed by atoms with Gasteiger partial charge in [0.2, 0.25) is 0 Å². The van der Waals surface area contributed by atoms with Crippen LogP contribution in [0, 0.1) is 11.8 Å². The van der Waals surface area contributed by atoms with E-state index in [-0.39, 0.29) is 5.60 Å². The van der Waals surface area contributed by atoms with Gasteiger partial charge in [0, 0.05) is 25.9 Å². The fourth-order valence-electron chi connectivity index (χ4n) is 3.71. The normalized spacial score (nSPS) is 33.6. The lowest BCUT2D eigenvalue weighted by Gasteiger charge is -2.34. The summed E-state index contributed by atoms with van der Waals surface area (Å²) in [5, 5.41) is 0. The van der Waals surface area contributed by atoms with Crippen LogP contribution >= 0.6 is 0 Å². The Kier molecular flexibility index (Phi) is 5.88. The third kappa shape index (κ3) is 4.08. The number of hydrogen-bond donors (Lipinski definition) is 0. The highest BCUT2D eigenvalue weighted by atomic mass is 28.4. The van der Waals surface area contributed by atoms with Gasteiger partial charge in [0.15, 0.2) is 0 Å². The van der Waals surface area contributed by atoms with Crippen LogP contribution in [0.4, 0.5) is 0 Å². The minimum absolute atomic E-state index is 0.199. The van der Waals surface area contributed by atoms with E-state index in [1.165, 1.54) is 19.3 Å². The first-order valence-electron chi connectivity index (χ1n) is 8.58. The molecule has 0 aromatic rings. The van der Waals surface area contributed by atoms with Crippen LogP contribution < -0.4 is 0 Å². The molecule has 4 nitrogen and oxygen atoms in total. The minimum atomic E-state index is -2.51. The predicted octanol–water partition coefficient (Wildman–Crippen LogP) is 3.63. The Morgan fingerprint density at radius 1 is 1.14 bits per heavy atom. The predicted molar refractivity (Wildman–Crippen MR) is 85.2 cm³/mol. The lowest BCUT2D eigenvalue weighted by atomic mass is 9.77. The molecule has 1 saturated heterocycles. The summed E-state index contributed by atoms with van der Waals surface area (Å²) >= 11 is 0. The zero-order valence-electron chi connectivity index (χ0n) is 14.3. The molecule has 1 saturated carbocycles. The molecule has 0 radical (unpaired) electrons. The van der Waals surface area contributed by atoms with Crippen molar-refractivity contribution in [3.8, 4) is 0 Å². The number of hydrogen-bond acceptors (Lipinski definition) is 4. The molecule has 0 spiro atoms. The monoisotopic (exact) mass is 316 g/mol. The van der Waals surface area contributed by atoms with Crippen LogP contribution in [0.2, 0.25) is 6.04 Å². The van der Waals surface area contributed by atoms with Crippen LogP contribution in [0.5, 0.6) is 0 Å². The maximum Gasteiger partial charge on any atom is 0.501 e. The van der Waals surface area contributed by atoms with Crippen molar-refractivity contribution in [3.05, 3.63) is 0 Å². The van der Waals surface area contributed by atoms with Crippen LogP contribution in [-0.2, 0) is 18.0 Å². The second kappa shape index (κ2) is 7.09. The summed E-state index contributed by atoms with van der Waals surface area (Å²) in [5.41, 5.74) is 0.199. The Morgan fingerprint density at radius 2 is 1.71 bits per heavy atom. The Balaban J connectivity index is 1.94. The number of epoxide rings is 1. The fourth-order valence-corrected chi connectivity index (χ4v) is 6.76. The maximum absolute atomic E-state index is 5.99. The second-order valence-electron chi connectivity index (χ2n) is 6.62. The van der Waals surface area contributed by atoms with Gasteiger partial charge >= 0.3 is 8.80 Å². The maximum atomic E-state index is 5.99. The minimum Gasteiger partial charge on any atom is -0.374 e. The summed E-state index contributed by atoms with van der Waals surface area (Å²) in [6.07, 6.45) is 4.12. The third-order valence-corrected chi connectivity index (χ3v) is 8.36. The molecule has 5 heteroatoms. The van der Waals surface area contributed by atoms with E-state index in [1.807, 2.05) is 20.8 Å². The highest BCUT2D eigenvalue weighted by Crippen LogP contribution is 2.51. The SMILES string of the molecule is CCO[Si](CC(C)C1CCC2(C)OC2C1)(OCC)OCC. The average molecular weight is 317 g/mol. The molecule has 21 heavy (non-hydrogen) atoms. The van der Waals surface area contributed by atoms with Gasteiger partial charge in [0.25, 0.3) is 0 Å². The Morgan fingerprint density at radius 3 is 2.19 bits per heavy atom. The summed E-state index contributed by atoms with van der Waals surface area (Å²) in [4.78, 5) is 0. The van der Waals surface area contributed by atoms with Crippen molar-refractivity contribution in [3.63, 3.8) is 0 Å². The molecule has 2 fully saturated rings. The molecule has 1 aliphatic heterocycles. The summed E-state index contributed by atoms with van der Waals surface area (Å²) in [6.45, 7) is 12.6. The molecule has 1 aliphatic carbocycles. The second-order valence-corrected chi connectivity index (χ2v) is 9.26. The van der Waals surface area contributed by atoms with Gasteiger partial charge in [-0.05, 0) is 58.8 Å². The summed E-state index contributed by atoms with van der Waals surface area (Å²) in [6, 6.07) is 0.927. The van der Waals surface area contributed by atoms with E-state index in [1.54, 1.807) is 0 Å². The topological polar surface area (TPSA) is 40.2 Å². The molecule has 2 aliphatic rings. The van der Waals surface area contributed by atoms with Gasteiger partial charge in [0.05, 0.1) is 11.7 Å². The van der Waals surface area contributed by atoms with Crippen molar-refractivity contribution in [2.75, 3.05) is 19.8 Å². The van der Waals surface area contributed by atoms with Crippen LogP contribution in [0.3, 0.4) is 0 Å². The lowest BCUT2D eigenvalue weighted by Crippen LogP contribution is -2.48. The van der Waals surface area contributed by atoms with Gasteiger partial charge < -0.3 is 18.0 Å². The molecule has 4 unspecified atom stereocenters. The van der Waals surface area contributed by atoms with E-state index in [0.29, 0.717) is 37.8 Å². The zero-order valence-corrected chi connectivity index (χ0v) is 15.3. The molecule has 0 N–H and O–H groups in total. The van der Waals surface area contributed by atoms with Gasteiger partial charge in [-0.3, -0.25) is 0 Å². The van der Waals surface area contributed by atoms with E-state index in [0.717, 1.165) is 6.04 Å². The van der Waals surface area contributed by atoms with Crippen molar-refractivity contribution in [2.45, 2.75) is 71.6 Å². The van der Waals surface area contributed by atoms with Crippen LogP contribution in [0.25, 0.3) is 0 Å². The van der Waals surface area contributed by atoms with E-state index in [9.17, 15) is 0 Å². The van der Waals surface area contributed by atoms with Gasteiger partial charge in [-0.15, -0.1) is 0 Å². The smallest absolute Gasteiger partial charge is 0.374 e. The van der Waals surface area contributed by atoms with Gasteiger partial charge in [0.1, 0.15) is 0 Å². The summed E-state index contributed by atoms with van der Waals surface area (Å²) in [7, 11) is -2.51. The van der Waals surface area contributed by atoms with Crippen molar-refractivity contribution >= 4 is 8.80 Å².